The normalized spacial score (nSPS) is 20.0. The first-order valence-electron chi connectivity index (χ1n) is 19.9. The number of pyridine rings is 2. The molecule has 0 aliphatic carbocycles. The van der Waals surface area contributed by atoms with E-state index in [0.717, 1.165) is 44.3 Å². The number of carbonyl (C=O) groups is 2. The average Bonchev–Trinajstić information content (AvgIpc) is 3.99. The minimum absolute atomic E-state index is 0. The first-order valence-corrected chi connectivity index (χ1v) is 21.1. The average molecular weight is 1010 g/mol. The van der Waals surface area contributed by atoms with Gasteiger partial charge in [-0.3, -0.25) is 0 Å². The third-order valence-corrected chi connectivity index (χ3v) is 10.8. The number of hydrogen-bond acceptors (Lipinski definition) is 14. The first-order chi connectivity index (χ1) is 30.0. The van der Waals surface area contributed by atoms with Crippen LogP contribution in [-0.2, 0) is 21.8 Å². The van der Waals surface area contributed by atoms with Crippen LogP contribution in [0.1, 0.15) is 65.5 Å². The Hall–Kier alpha value is -4.90. The number of hydrogen-bond donors (Lipinski definition) is 3. The predicted octanol–water partition coefficient (Wildman–Crippen LogP) is 8.83. The van der Waals surface area contributed by atoms with Crippen molar-refractivity contribution in [2.24, 2.45) is 0 Å². The molecule has 66 heavy (non-hydrogen) atoms. The lowest BCUT2D eigenvalue weighted by molar-refractivity contribution is -0.137. The van der Waals surface area contributed by atoms with E-state index in [1.54, 1.807) is 11.0 Å². The summed E-state index contributed by atoms with van der Waals surface area (Å²) < 4.78 is 88.6. The van der Waals surface area contributed by atoms with Gasteiger partial charge in [0.25, 0.3) is 0 Å². The number of amides is 2. The van der Waals surface area contributed by atoms with Gasteiger partial charge in [-0.15, -0.1) is 12.4 Å². The van der Waals surface area contributed by atoms with Gasteiger partial charge in [0, 0.05) is 73.9 Å². The summed E-state index contributed by atoms with van der Waals surface area (Å²) in [5.74, 6) is -0.745. The molecular weight excluding hydrogens is 968 g/mol. The minimum Gasteiger partial charge on any atom is -0.444 e. The van der Waals surface area contributed by atoms with E-state index in [0.29, 0.717) is 31.0 Å². The summed E-state index contributed by atoms with van der Waals surface area (Å²) in [5.41, 5.74) is 8.07. The number of fused-ring (bicyclic) bond motifs is 4. The van der Waals surface area contributed by atoms with Crippen LogP contribution in [0.4, 0.5) is 53.4 Å². The van der Waals surface area contributed by atoms with Gasteiger partial charge >= 0.3 is 24.5 Å². The third kappa shape index (κ3) is 13.0. The summed E-state index contributed by atoms with van der Waals surface area (Å²) in [5, 5.41) is 3.09. The molecule has 5 N–H and O–H groups in total. The predicted molar refractivity (Wildman–Crippen MR) is 237 cm³/mol. The molecule has 4 aliphatic rings. The highest BCUT2D eigenvalue weighted by Gasteiger charge is 2.47. The number of anilines is 3. The Bertz CT molecular complexity index is 2400. The molecule has 4 aromatic heterocycles. The number of ether oxygens (including phenoxy) is 2. The molecular formula is C40H46Cl4F6N12O4. The highest BCUT2D eigenvalue weighted by atomic mass is 35.5. The van der Waals surface area contributed by atoms with E-state index in [2.05, 4.69) is 35.2 Å². The summed E-state index contributed by atoms with van der Waals surface area (Å²) in [4.78, 5) is 52.6. The molecule has 16 nitrogen and oxygen atoms in total. The number of rotatable bonds is 3. The maximum Gasteiger partial charge on any atom is 0.419 e. The molecule has 26 heteroatoms. The summed E-state index contributed by atoms with van der Waals surface area (Å²) in [6.45, 7) is 13.8. The number of nitrogens with zero attached hydrogens (tertiary/aromatic N) is 9. The number of aromatic nitrogens is 6. The van der Waals surface area contributed by atoms with Crippen molar-refractivity contribution in [3.05, 3.63) is 63.5 Å². The Labute approximate surface area is 396 Å². The van der Waals surface area contributed by atoms with E-state index < -0.39 is 40.7 Å². The van der Waals surface area contributed by atoms with Gasteiger partial charge in [-0.2, -0.15) is 26.3 Å². The second-order valence-electron chi connectivity index (χ2n) is 17.5. The van der Waals surface area contributed by atoms with Crippen LogP contribution in [-0.4, -0.2) is 113 Å². The van der Waals surface area contributed by atoms with Crippen molar-refractivity contribution in [2.45, 2.75) is 102 Å². The molecule has 0 unspecified atom stereocenters. The van der Waals surface area contributed by atoms with E-state index in [-0.39, 0.29) is 80.5 Å². The van der Waals surface area contributed by atoms with E-state index in [1.807, 2.05) is 51.3 Å². The largest absolute Gasteiger partial charge is 0.444 e. The van der Waals surface area contributed by atoms with Crippen LogP contribution in [0.25, 0.3) is 22.5 Å². The molecule has 8 rings (SSSR count). The van der Waals surface area contributed by atoms with Crippen LogP contribution in [0.3, 0.4) is 0 Å². The van der Waals surface area contributed by atoms with Crippen molar-refractivity contribution >= 4 is 76.8 Å². The fourth-order valence-electron chi connectivity index (χ4n) is 7.52. The molecule has 4 aromatic rings. The Morgan fingerprint density at radius 3 is 1.56 bits per heavy atom. The van der Waals surface area contributed by atoms with Crippen LogP contribution in [0.2, 0.25) is 15.7 Å². The monoisotopic (exact) mass is 1010 g/mol. The third-order valence-electron chi connectivity index (χ3n) is 10.2. The highest BCUT2D eigenvalue weighted by molar-refractivity contribution is 6.32. The smallest absolute Gasteiger partial charge is 0.419 e. The fraction of sp³-hybridized carbons (Fsp3) is 0.500. The lowest BCUT2D eigenvalue weighted by Crippen LogP contribution is -2.50. The summed E-state index contributed by atoms with van der Waals surface area (Å²) in [6.07, 6.45) is -5.59. The Kier molecular flexibility index (Phi) is 15.6. The molecule has 2 amide bonds. The molecule has 4 bridgehead atoms. The number of nitrogen functional groups attached to an aromatic ring is 2. The van der Waals surface area contributed by atoms with E-state index in [1.165, 1.54) is 12.3 Å². The zero-order valence-electron chi connectivity index (χ0n) is 36.1. The topological polar surface area (TPSA) is 204 Å². The van der Waals surface area contributed by atoms with Gasteiger partial charge in [0.15, 0.2) is 0 Å². The molecule has 0 aromatic carbocycles. The van der Waals surface area contributed by atoms with Crippen molar-refractivity contribution < 1.29 is 45.4 Å². The number of nitrogens with one attached hydrogen (secondary N) is 1. The van der Waals surface area contributed by atoms with Gasteiger partial charge in [-0.05, 0) is 89.7 Å². The molecule has 8 heterocycles. The molecule has 4 aliphatic heterocycles. The summed E-state index contributed by atoms with van der Waals surface area (Å²) >= 11 is 17.3. The van der Waals surface area contributed by atoms with Gasteiger partial charge in [-0.25, -0.2) is 39.5 Å². The van der Waals surface area contributed by atoms with Crippen LogP contribution >= 0.6 is 47.2 Å². The molecule has 4 saturated heterocycles. The number of carbonyl (C=O) groups excluding carboxylic acids is 2. The molecule has 4 atom stereocenters. The number of nitrogens with two attached hydrogens (primary N) is 2. The second-order valence-corrected chi connectivity index (χ2v) is 18.6. The maximum atomic E-state index is 13.2. The SMILES string of the molecule is CC(C)(C)OC(=O)N1C[C@@H]2C[C@H]1CN2.CC(C)(C)OC(=O)N1C[C@@H]2C[C@H]1CN2c1cc(-c2cnc(N)c(C(F)(F)F)c2)nc(Cl)n1.Cl.Nc1ncc(-c2cc(Cl)nc(Cl)n2)cc1C(F)(F)F. The zero-order chi connectivity index (χ0) is 48.0. The summed E-state index contributed by atoms with van der Waals surface area (Å²) in [7, 11) is 0. The standard InChI is InChI=1S/C20H22ClF3N6O2.C10H5Cl2F3N4.C10H18N2O2.ClH/c1-19(2,3)32-18(31)30-9-11-5-12(30)8-29(11)15-6-14(27-17(21)28-15)10-4-13(20(22,23)24)16(25)26-7-10;11-7-2-6(18-9(12)19-7)4-1-5(10(13,14)15)8(16)17-3-4;1-10(2,3)14-9(13)12-6-7-4-8(12)5-11-7;/h4,6-7,11-12H,5,8-9H2,1-3H3,(H2,25,26);1-3H,(H2,16,17);7-8,11H,4-6H2,1-3H3;1H/t11-,12-;;7-,8-;/m0.0./s1. The first kappa shape index (κ1) is 52.1. The van der Waals surface area contributed by atoms with E-state index in [9.17, 15) is 35.9 Å². The Morgan fingerprint density at radius 2 is 1.15 bits per heavy atom. The number of piperazine rings is 2. The van der Waals surface area contributed by atoms with Crippen molar-refractivity contribution in [2.75, 3.05) is 42.5 Å². The van der Waals surface area contributed by atoms with Gasteiger partial charge in [0.2, 0.25) is 10.6 Å². The lowest BCUT2D eigenvalue weighted by Gasteiger charge is -2.35. The van der Waals surface area contributed by atoms with Gasteiger partial charge in [0.1, 0.15) is 33.8 Å². The number of halogens is 10. The second kappa shape index (κ2) is 19.7. The van der Waals surface area contributed by atoms with Gasteiger partial charge in [0.05, 0.1) is 34.6 Å². The van der Waals surface area contributed by atoms with Crippen LogP contribution in [0.5, 0.6) is 0 Å². The molecule has 0 saturated carbocycles. The fourth-order valence-corrected chi connectivity index (χ4v) is 8.11. The molecule has 0 radical (unpaired) electrons. The Balaban J connectivity index is 0.000000203. The van der Waals surface area contributed by atoms with Crippen LogP contribution in [0, 0.1) is 0 Å². The van der Waals surface area contributed by atoms with Crippen molar-refractivity contribution in [1.82, 2.24) is 45.0 Å². The van der Waals surface area contributed by atoms with Gasteiger partial charge in [-0.1, -0.05) is 11.6 Å². The zero-order valence-corrected chi connectivity index (χ0v) is 39.2. The van der Waals surface area contributed by atoms with Crippen molar-refractivity contribution in [3.8, 4) is 22.5 Å². The van der Waals surface area contributed by atoms with Crippen molar-refractivity contribution in [1.29, 1.82) is 0 Å². The molecule has 0 spiro atoms. The lowest BCUT2D eigenvalue weighted by atomic mass is 10.1. The molecule has 360 valence electrons. The van der Waals surface area contributed by atoms with Crippen LogP contribution < -0.4 is 21.7 Å². The van der Waals surface area contributed by atoms with Gasteiger partial charge < -0.3 is 41.0 Å². The quantitative estimate of drug-likeness (QED) is 0.0998. The highest BCUT2D eigenvalue weighted by Crippen LogP contribution is 2.39. The number of alkyl halides is 6. The molecule has 4 fully saturated rings. The maximum absolute atomic E-state index is 13.2. The van der Waals surface area contributed by atoms with E-state index >= 15 is 0 Å². The summed E-state index contributed by atoms with van der Waals surface area (Å²) in [6, 6.07) is 5.35. The number of likely N-dealkylation sites (tertiary alicyclic amines) is 2. The van der Waals surface area contributed by atoms with Crippen LogP contribution in [0.15, 0.2) is 36.7 Å². The van der Waals surface area contributed by atoms with Crippen molar-refractivity contribution in [3.63, 3.8) is 0 Å². The van der Waals surface area contributed by atoms with E-state index in [4.69, 9.17) is 55.7 Å². The Morgan fingerprint density at radius 1 is 0.667 bits per heavy atom. The minimum atomic E-state index is -4.65.